The first kappa shape index (κ1) is 19.9. The van der Waals surface area contributed by atoms with Crippen molar-refractivity contribution in [1.29, 1.82) is 0 Å². The predicted molar refractivity (Wildman–Crippen MR) is 104 cm³/mol. The second-order valence-corrected chi connectivity index (χ2v) is 6.39. The van der Waals surface area contributed by atoms with Gasteiger partial charge in [0.1, 0.15) is 12.0 Å². The van der Waals surface area contributed by atoms with Crippen LogP contribution >= 0.6 is 15.9 Å². The molecular weight excluding hydrogens is 400 g/mol. The monoisotopic (exact) mass is 420 g/mol. The fraction of sp³-hybridized carbons (Fsp3) is 0.316. The Morgan fingerprint density at radius 1 is 1.12 bits per heavy atom. The van der Waals surface area contributed by atoms with E-state index < -0.39 is 11.9 Å². The Labute approximate surface area is 161 Å². The van der Waals surface area contributed by atoms with E-state index in [0.717, 1.165) is 10.0 Å². The molecule has 0 N–H and O–H groups in total. The second kappa shape index (κ2) is 8.80. The van der Waals surface area contributed by atoms with Gasteiger partial charge in [0.05, 0.1) is 24.5 Å². The summed E-state index contributed by atoms with van der Waals surface area (Å²) in [5.41, 5.74) is 2.89. The summed E-state index contributed by atoms with van der Waals surface area (Å²) < 4.78 is 12.5. The van der Waals surface area contributed by atoms with Crippen LogP contribution in [0.4, 0.5) is 5.69 Å². The third-order valence-electron chi connectivity index (χ3n) is 3.69. The quantitative estimate of drug-likeness (QED) is 0.393. The maximum Gasteiger partial charge on any atom is 0.355 e. The van der Waals surface area contributed by atoms with Gasteiger partial charge in [0.15, 0.2) is 0 Å². The molecule has 1 heterocycles. The Bertz CT molecular complexity index is 855. The van der Waals surface area contributed by atoms with Gasteiger partial charge in [-0.3, -0.25) is 4.57 Å². The molecule has 2 rings (SSSR count). The molecule has 0 saturated heterocycles. The summed E-state index contributed by atoms with van der Waals surface area (Å²) in [6, 6.07) is 7.23. The molecule has 0 unspecified atom stereocenters. The van der Waals surface area contributed by atoms with Crippen LogP contribution in [-0.4, -0.2) is 36.1 Å². The highest BCUT2D eigenvalue weighted by Gasteiger charge is 2.22. The first-order chi connectivity index (χ1) is 12.4. The van der Waals surface area contributed by atoms with Crippen LogP contribution in [0.15, 0.2) is 33.7 Å². The molecule has 0 fully saturated rings. The third-order valence-corrected chi connectivity index (χ3v) is 4.32. The van der Waals surface area contributed by atoms with Crippen LogP contribution in [0.25, 0.3) is 0 Å². The minimum absolute atomic E-state index is 0.222. The molecule has 1 aromatic carbocycles. The fourth-order valence-electron chi connectivity index (χ4n) is 2.38. The van der Waals surface area contributed by atoms with Crippen LogP contribution in [0.5, 0.6) is 0 Å². The van der Waals surface area contributed by atoms with E-state index in [-0.39, 0.29) is 18.9 Å². The molecule has 0 aliphatic carbocycles. The number of nitrogens with zero attached hydrogens (tertiary/aromatic N) is 2. The Morgan fingerprint density at radius 2 is 1.77 bits per heavy atom. The molecule has 0 aliphatic rings. The number of aromatic nitrogens is 1. The van der Waals surface area contributed by atoms with Gasteiger partial charge < -0.3 is 9.47 Å². The largest absolute Gasteiger partial charge is 0.462 e. The van der Waals surface area contributed by atoms with Crippen LogP contribution in [0.2, 0.25) is 0 Å². The Morgan fingerprint density at radius 3 is 2.38 bits per heavy atom. The van der Waals surface area contributed by atoms with Crippen LogP contribution in [0.1, 0.15) is 46.0 Å². The number of rotatable bonds is 6. The summed E-state index contributed by atoms with van der Waals surface area (Å²) in [6.07, 6.45) is 1.50. The van der Waals surface area contributed by atoms with E-state index in [1.54, 1.807) is 20.8 Å². The van der Waals surface area contributed by atoms with Gasteiger partial charge in [-0.1, -0.05) is 6.07 Å². The minimum Gasteiger partial charge on any atom is -0.462 e. The van der Waals surface area contributed by atoms with Gasteiger partial charge in [-0.15, -0.1) is 0 Å². The molecule has 0 bridgehead atoms. The van der Waals surface area contributed by atoms with Gasteiger partial charge in [-0.2, -0.15) is 0 Å². The van der Waals surface area contributed by atoms with Crippen molar-refractivity contribution in [3.8, 4) is 0 Å². The summed E-state index contributed by atoms with van der Waals surface area (Å²) in [6.45, 7) is 7.65. The van der Waals surface area contributed by atoms with Crippen LogP contribution in [0, 0.1) is 13.8 Å². The molecule has 0 amide bonds. The zero-order chi connectivity index (χ0) is 19.3. The number of hydrogen-bond donors (Lipinski definition) is 0. The molecule has 0 aliphatic heterocycles. The van der Waals surface area contributed by atoms with E-state index in [2.05, 4.69) is 20.9 Å². The highest BCUT2D eigenvalue weighted by Crippen LogP contribution is 2.26. The van der Waals surface area contributed by atoms with Gasteiger partial charge in [0, 0.05) is 10.2 Å². The highest BCUT2D eigenvalue weighted by atomic mass is 79.9. The number of carbonyl (C=O) groups excluding carboxylic acids is 2. The highest BCUT2D eigenvalue weighted by molar-refractivity contribution is 9.10. The van der Waals surface area contributed by atoms with Gasteiger partial charge in [0.25, 0.3) is 0 Å². The molecule has 7 heteroatoms. The molecule has 0 radical (unpaired) electrons. The first-order valence-corrected chi connectivity index (χ1v) is 9.04. The number of halogens is 1. The van der Waals surface area contributed by atoms with Crippen LogP contribution < -0.4 is 0 Å². The minimum atomic E-state index is -0.527. The summed E-state index contributed by atoms with van der Waals surface area (Å²) in [5.74, 6) is -1.01. The molecule has 138 valence electrons. The average molecular weight is 421 g/mol. The maximum absolute atomic E-state index is 12.3. The number of aryl methyl sites for hydroxylation is 1. The lowest BCUT2D eigenvalue weighted by molar-refractivity contribution is 0.0516. The zero-order valence-electron chi connectivity index (χ0n) is 15.2. The van der Waals surface area contributed by atoms with Crippen molar-refractivity contribution in [2.24, 2.45) is 4.99 Å². The Balaban J connectivity index is 2.49. The van der Waals surface area contributed by atoms with Crippen molar-refractivity contribution in [2.45, 2.75) is 27.7 Å². The number of hydrogen-bond acceptors (Lipinski definition) is 5. The smallest absolute Gasteiger partial charge is 0.355 e. The van der Waals surface area contributed by atoms with Crippen molar-refractivity contribution >= 4 is 39.9 Å². The lowest BCUT2D eigenvalue weighted by atomic mass is 10.2. The van der Waals surface area contributed by atoms with Crippen LogP contribution in [-0.2, 0) is 9.47 Å². The van der Waals surface area contributed by atoms with E-state index in [4.69, 9.17) is 9.47 Å². The standard InChI is InChI=1S/C19H21BrN2O4/c1-5-25-18(23)14-10-17(19(24)26-6-2)22(13(14)4)11-21-16-8-7-12(3)9-15(16)20/h7-11H,5-6H2,1-4H3. The first-order valence-electron chi connectivity index (χ1n) is 8.25. The van der Waals surface area contributed by atoms with Crippen LogP contribution in [0.3, 0.4) is 0 Å². The summed E-state index contributed by atoms with van der Waals surface area (Å²) in [4.78, 5) is 28.8. The van der Waals surface area contributed by atoms with Gasteiger partial charge >= 0.3 is 11.9 Å². The van der Waals surface area contributed by atoms with E-state index in [1.165, 1.54) is 17.0 Å². The molecule has 6 nitrogen and oxygen atoms in total. The van der Waals surface area contributed by atoms with Crippen molar-refractivity contribution in [1.82, 2.24) is 4.57 Å². The van der Waals surface area contributed by atoms with E-state index in [9.17, 15) is 9.59 Å². The normalized spacial score (nSPS) is 11.0. The van der Waals surface area contributed by atoms with E-state index in [0.29, 0.717) is 16.9 Å². The number of aliphatic imine (C=N–C) groups is 1. The van der Waals surface area contributed by atoms with Gasteiger partial charge in [0.2, 0.25) is 0 Å². The second-order valence-electron chi connectivity index (χ2n) is 5.54. The predicted octanol–water partition coefficient (Wildman–Crippen LogP) is 4.43. The molecular formula is C19H21BrN2O4. The number of carbonyl (C=O) groups is 2. The molecule has 2 aromatic rings. The van der Waals surface area contributed by atoms with Crippen molar-refractivity contribution in [3.05, 3.63) is 51.3 Å². The van der Waals surface area contributed by atoms with Gasteiger partial charge in [-0.25, -0.2) is 14.6 Å². The van der Waals surface area contributed by atoms with Crippen molar-refractivity contribution in [3.63, 3.8) is 0 Å². The van der Waals surface area contributed by atoms with Crippen molar-refractivity contribution in [2.75, 3.05) is 13.2 Å². The summed E-state index contributed by atoms with van der Waals surface area (Å²) >= 11 is 3.47. The van der Waals surface area contributed by atoms with E-state index in [1.807, 2.05) is 25.1 Å². The molecule has 26 heavy (non-hydrogen) atoms. The topological polar surface area (TPSA) is 69.9 Å². The lowest BCUT2D eigenvalue weighted by Gasteiger charge is -2.06. The fourth-order valence-corrected chi connectivity index (χ4v) is 2.98. The SMILES string of the molecule is CCOC(=O)c1cc(C(=O)OCC)n(C=Nc2ccc(C)cc2Br)c1C. The molecule has 0 spiro atoms. The van der Waals surface area contributed by atoms with Crippen molar-refractivity contribution < 1.29 is 19.1 Å². The third kappa shape index (κ3) is 4.40. The Kier molecular flexibility index (Phi) is 6.74. The average Bonchev–Trinajstić information content (AvgIpc) is 2.91. The van der Waals surface area contributed by atoms with E-state index >= 15 is 0 Å². The molecule has 0 atom stereocenters. The number of ether oxygens (including phenoxy) is 2. The number of benzene rings is 1. The van der Waals surface area contributed by atoms with Gasteiger partial charge in [-0.05, 0) is 67.4 Å². The summed E-state index contributed by atoms with van der Waals surface area (Å²) in [7, 11) is 0. The summed E-state index contributed by atoms with van der Waals surface area (Å²) in [5, 5.41) is 0. The molecule has 1 aromatic heterocycles. The maximum atomic E-state index is 12.3. The Hall–Kier alpha value is -2.41. The number of esters is 2. The molecule has 0 saturated carbocycles. The lowest BCUT2D eigenvalue weighted by Crippen LogP contribution is -2.13. The zero-order valence-corrected chi connectivity index (χ0v) is 16.8.